The summed E-state index contributed by atoms with van der Waals surface area (Å²) in [7, 11) is 0. The SMILES string of the molecule is Clc1ccc(-n2nnnc2SCc2ccc(Cl)c(Cl)c2)cc1. The molecule has 0 spiro atoms. The van der Waals surface area contributed by atoms with Gasteiger partial charge in [0, 0.05) is 10.8 Å². The third-order valence-electron chi connectivity index (χ3n) is 2.86. The molecular weight excluding hydrogens is 363 g/mol. The van der Waals surface area contributed by atoms with E-state index in [0.717, 1.165) is 11.3 Å². The molecule has 0 fully saturated rings. The molecule has 1 heterocycles. The Morgan fingerprint density at radius 2 is 1.73 bits per heavy atom. The number of benzene rings is 2. The van der Waals surface area contributed by atoms with E-state index in [1.807, 2.05) is 24.3 Å². The smallest absolute Gasteiger partial charge is 0.187 e. The summed E-state index contributed by atoms with van der Waals surface area (Å²) in [5.41, 5.74) is 1.90. The number of tetrazole rings is 1. The molecule has 0 aliphatic rings. The van der Waals surface area contributed by atoms with Crippen molar-refractivity contribution < 1.29 is 0 Å². The molecular formula is C14H9Cl3N4S. The fourth-order valence-electron chi connectivity index (χ4n) is 1.79. The second-order valence-corrected chi connectivity index (χ2v) is 6.58. The molecule has 22 heavy (non-hydrogen) atoms. The van der Waals surface area contributed by atoms with E-state index in [1.54, 1.807) is 22.9 Å². The molecule has 0 radical (unpaired) electrons. The first-order valence-corrected chi connectivity index (χ1v) is 8.36. The van der Waals surface area contributed by atoms with Gasteiger partial charge in [0.15, 0.2) is 0 Å². The van der Waals surface area contributed by atoms with Crippen molar-refractivity contribution in [2.75, 3.05) is 0 Å². The van der Waals surface area contributed by atoms with Gasteiger partial charge in [0.1, 0.15) is 0 Å². The average molecular weight is 372 g/mol. The lowest BCUT2D eigenvalue weighted by Crippen LogP contribution is -1.98. The predicted molar refractivity (Wildman–Crippen MR) is 90.2 cm³/mol. The van der Waals surface area contributed by atoms with Gasteiger partial charge in [-0.15, -0.1) is 5.10 Å². The van der Waals surface area contributed by atoms with E-state index < -0.39 is 0 Å². The largest absolute Gasteiger partial charge is 0.214 e. The van der Waals surface area contributed by atoms with Crippen molar-refractivity contribution in [1.82, 2.24) is 20.2 Å². The molecule has 1 aromatic heterocycles. The maximum absolute atomic E-state index is 6.02. The predicted octanol–water partition coefficient (Wildman–Crippen LogP) is 4.91. The number of aromatic nitrogens is 4. The minimum absolute atomic E-state index is 0.539. The van der Waals surface area contributed by atoms with Gasteiger partial charge in [-0.05, 0) is 52.4 Å². The molecule has 0 unspecified atom stereocenters. The summed E-state index contributed by atoms with van der Waals surface area (Å²) in [4.78, 5) is 0. The summed E-state index contributed by atoms with van der Waals surface area (Å²) in [5, 5.41) is 14.2. The third-order valence-corrected chi connectivity index (χ3v) is 4.85. The molecule has 0 saturated carbocycles. The Balaban J connectivity index is 1.77. The highest BCUT2D eigenvalue weighted by molar-refractivity contribution is 7.98. The van der Waals surface area contributed by atoms with E-state index in [4.69, 9.17) is 34.8 Å². The van der Waals surface area contributed by atoms with Crippen LogP contribution < -0.4 is 0 Å². The molecule has 0 amide bonds. The van der Waals surface area contributed by atoms with Crippen LogP contribution in [-0.2, 0) is 5.75 Å². The van der Waals surface area contributed by atoms with Crippen LogP contribution in [0.25, 0.3) is 5.69 Å². The van der Waals surface area contributed by atoms with Gasteiger partial charge in [0.25, 0.3) is 0 Å². The highest BCUT2D eigenvalue weighted by Crippen LogP contribution is 2.27. The fourth-order valence-corrected chi connectivity index (χ4v) is 3.07. The van der Waals surface area contributed by atoms with Crippen molar-refractivity contribution in [3.05, 3.63) is 63.1 Å². The maximum atomic E-state index is 6.02. The van der Waals surface area contributed by atoms with Crippen LogP contribution in [0.15, 0.2) is 47.6 Å². The van der Waals surface area contributed by atoms with Crippen molar-refractivity contribution in [2.45, 2.75) is 10.9 Å². The molecule has 0 saturated heterocycles. The Morgan fingerprint density at radius 3 is 2.45 bits per heavy atom. The molecule has 0 aliphatic carbocycles. The van der Waals surface area contributed by atoms with Crippen molar-refractivity contribution in [1.29, 1.82) is 0 Å². The van der Waals surface area contributed by atoms with Crippen LogP contribution in [-0.4, -0.2) is 20.2 Å². The zero-order valence-electron chi connectivity index (χ0n) is 11.1. The number of rotatable bonds is 4. The molecule has 112 valence electrons. The lowest BCUT2D eigenvalue weighted by Gasteiger charge is -2.05. The van der Waals surface area contributed by atoms with E-state index in [0.29, 0.717) is 26.0 Å². The topological polar surface area (TPSA) is 43.6 Å². The number of nitrogens with zero attached hydrogens (tertiary/aromatic N) is 4. The molecule has 0 aliphatic heterocycles. The second kappa shape index (κ2) is 6.87. The van der Waals surface area contributed by atoms with Crippen molar-refractivity contribution in [2.24, 2.45) is 0 Å². The highest BCUT2D eigenvalue weighted by Gasteiger charge is 2.10. The summed E-state index contributed by atoms with van der Waals surface area (Å²) in [5.74, 6) is 0.685. The fraction of sp³-hybridized carbons (Fsp3) is 0.0714. The summed E-state index contributed by atoms with van der Waals surface area (Å²) in [6.45, 7) is 0. The Morgan fingerprint density at radius 1 is 0.955 bits per heavy atom. The third kappa shape index (κ3) is 3.55. The number of halogens is 3. The Kier molecular flexibility index (Phi) is 4.88. The lowest BCUT2D eigenvalue weighted by molar-refractivity contribution is 0.756. The quantitative estimate of drug-likeness (QED) is 0.611. The molecule has 0 N–H and O–H groups in total. The van der Waals surface area contributed by atoms with Crippen LogP contribution in [0.1, 0.15) is 5.56 Å². The number of hydrogen-bond acceptors (Lipinski definition) is 4. The van der Waals surface area contributed by atoms with Gasteiger partial charge in [-0.25, -0.2) is 0 Å². The summed E-state index contributed by atoms with van der Waals surface area (Å²) in [6.07, 6.45) is 0. The van der Waals surface area contributed by atoms with Crippen LogP contribution in [0.3, 0.4) is 0 Å². The van der Waals surface area contributed by atoms with E-state index in [1.165, 1.54) is 11.8 Å². The standard InChI is InChI=1S/C14H9Cl3N4S/c15-10-2-4-11(5-3-10)21-14(18-19-20-21)22-8-9-1-6-12(16)13(17)7-9/h1-7H,8H2. The van der Waals surface area contributed by atoms with E-state index >= 15 is 0 Å². The minimum atomic E-state index is 0.539. The van der Waals surface area contributed by atoms with Crippen LogP contribution in [0.4, 0.5) is 0 Å². The highest BCUT2D eigenvalue weighted by atomic mass is 35.5. The van der Waals surface area contributed by atoms with Gasteiger partial charge in [-0.2, -0.15) is 4.68 Å². The molecule has 0 bridgehead atoms. The van der Waals surface area contributed by atoms with Crippen molar-refractivity contribution in [3.63, 3.8) is 0 Å². The average Bonchev–Trinajstić information content (AvgIpc) is 2.98. The first-order chi connectivity index (χ1) is 10.6. The normalized spacial score (nSPS) is 10.9. The Bertz CT molecular complexity index is 789. The van der Waals surface area contributed by atoms with E-state index in [9.17, 15) is 0 Å². The van der Waals surface area contributed by atoms with Gasteiger partial charge in [-0.3, -0.25) is 0 Å². The summed E-state index contributed by atoms with van der Waals surface area (Å²) < 4.78 is 1.67. The van der Waals surface area contributed by atoms with Gasteiger partial charge >= 0.3 is 0 Å². The lowest BCUT2D eigenvalue weighted by atomic mass is 10.2. The van der Waals surface area contributed by atoms with Crippen molar-refractivity contribution in [3.8, 4) is 5.69 Å². The van der Waals surface area contributed by atoms with Crippen LogP contribution in [0.2, 0.25) is 15.1 Å². The van der Waals surface area contributed by atoms with Crippen LogP contribution >= 0.6 is 46.6 Å². The first kappa shape index (κ1) is 15.6. The van der Waals surface area contributed by atoms with E-state index in [-0.39, 0.29) is 0 Å². The minimum Gasteiger partial charge on any atom is -0.187 e. The summed E-state index contributed by atoms with van der Waals surface area (Å²) >= 11 is 19.3. The molecule has 3 aromatic rings. The molecule has 2 aromatic carbocycles. The molecule has 3 rings (SSSR count). The zero-order valence-corrected chi connectivity index (χ0v) is 14.2. The molecule has 4 nitrogen and oxygen atoms in total. The Labute approximate surface area is 146 Å². The monoisotopic (exact) mass is 370 g/mol. The number of thioether (sulfide) groups is 1. The van der Waals surface area contributed by atoms with Crippen LogP contribution in [0, 0.1) is 0 Å². The molecule has 0 atom stereocenters. The van der Waals surface area contributed by atoms with Gasteiger partial charge in [-0.1, -0.05) is 52.6 Å². The number of hydrogen-bond donors (Lipinski definition) is 0. The second-order valence-electron chi connectivity index (χ2n) is 4.39. The van der Waals surface area contributed by atoms with Crippen LogP contribution in [0.5, 0.6) is 0 Å². The van der Waals surface area contributed by atoms with Gasteiger partial charge < -0.3 is 0 Å². The van der Waals surface area contributed by atoms with Gasteiger partial charge in [0.05, 0.1) is 15.7 Å². The first-order valence-electron chi connectivity index (χ1n) is 6.24. The van der Waals surface area contributed by atoms with Gasteiger partial charge in [0.2, 0.25) is 5.16 Å². The molecule has 8 heteroatoms. The zero-order chi connectivity index (χ0) is 15.5. The summed E-state index contributed by atoms with van der Waals surface area (Å²) in [6, 6.07) is 12.9. The van der Waals surface area contributed by atoms with E-state index in [2.05, 4.69) is 15.5 Å². The van der Waals surface area contributed by atoms with Crippen molar-refractivity contribution >= 4 is 46.6 Å². The Hall–Kier alpha value is -1.27. The maximum Gasteiger partial charge on any atom is 0.214 e.